The summed E-state index contributed by atoms with van der Waals surface area (Å²) in [6, 6.07) is 14.7. The number of thioether (sulfide) groups is 1. The van der Waals surface area contributed by atoms with Gasteiger partial charge in [0.05, 0.1) is 10.7 Å². The van der Waals surface area contributed by atoms with Gasteiger partial charge in [-0.3, -0.25) is 9.59 Å². The van der Waals surface area contributed by atoms with Gasteiger partial charge < -0.3 is 19.9 Å². The van der Waals surface area contributed by atoms with E-state index in [0.29, 0.717) is 36.8 Å². The molecule has 0 spiro atoms. The van der Waals surface area contributed by atoms with Gasteiger partial charge in [-0.2, -0.15) is 5.26 Å². The lowest BCUT2D eigenvalue weighted by Gasteiger charge is -2.35. The molecule has 1 N–H and O–H groups in total. The average Bonchev–Trinajstić information content (AvgIpc) is 2.84. The third-order valence-corrected chi connectivity index (χ3v) is 5.69. The normalized spacial score (nSPS) is 13.5. The van der Waals surface area contributed by atoms with E-state index >= 15 is 0 Å². The Balaban J connectivity index is 1.40. The summed E-state index contributed by atoms with van der Waals surface area (Å²) in [5.41, 5.74) is 1.45. The van der Waals surface area contributed by atoms with Gasteiger partial charge in [-0.25, -0.2) is 4.79 Å². The molecule has 1 fully saturated rings. The molecular formula is C23H21ClN4O4S. The number of para-hydroxylation sites is 1. The number of nitrogens with zero attached hydrogens (tertiary/aromatic N) is 3. The minimum Gasteiger partial charge on any atom is -0.452 e. The molecule has 0 aromatic heterocycles. The van der Waals surface area contributed by atoms with Gasteiger partial charge in [0.25, 0.3) is 5.91 Å². The molecule has 0 saturated carbocycles. The molecule has 170 valence electrons. The summed E-state index contributed by atoms with van der Waals surface area (Å²) >= 11 is 7.02. The van der Waals surface area contributed by atoms with Crippen LogP contribution in [0.15, 0.2) is 65.6 Å². The maximum absolute atomic E-state index is 12.3. The smallest absolute Gasteiger partial charge is 0.331 e. The number of hydrogen-bond donors (Lipinski definition) is 1. The maximum atomic E-state index is 12.3. The molecule has 0 radical (unpaired) electrons. The summed E-state index contributed by atoms with van der Waals surface area (Å²) < 4.78 is 4.88. The van der Waals surface area contributed by atoms with Crippen molar-refractivity contribution < 1.29 is 19.1 Å². The predicted molar refractivity (Wildman–Crippen MR) is 127 cm³/mol. The largest absolute Gasteiger partial charge is 0.452 e. The van der Waals surface area contributed by atoms with E-state index in [1.807, 2.05) is 35.7 Å². The number of carbonyl (C=O) groups is 3. The van der Waals surface area contributed by atoms with Crippen molar-refractivity contribution in [3.8, 4) is 5.40 Å². The number of halogens is 1. The molecule has 33 heavy (non-hydrogen) atoms. The first-order chi connectivity index (χ1) is 16.0. The summed E-state index contributed by atoms with van der Waals surface area (Å²) in [6.45, 7) is 1.96. The number of benzene rings is 2. The number of nitrogens with one attached hydrogen (secondary N) is 1. The fourth-order valence-corrected chi connectivity index (χ4v) is 3.86. The second kappa shape index (κ2) is 11.9. The number of hydrogen-bond acceptors (Lipinski definition) is 7. The van der Waals surface area contributed by atoms with Crippen molar-refractivity contribution in [3.63, 3.8) is 0 Å². The van der Waals surface area contributed by atoms with Crippen LogP contribution in [0.25, 0.3) is 0 Å². The lowest BCUT2D eigenvalue weighted by molar-refractivity contribution is -0.142. The summed E-state index contributed by atoms with van der Waals surface area (Å²) in [6.07, 6.45) is 2.17. The topological polar surface area (TPSA) is 103 Å². The van der Waals surface area contributed by atoms with Crippen LogP contribution in [0, 0.1) is 10.7 Å². The van der Waals surface area contributed by atoms with E-state index in [0.717, 1.165) is 29.6 Å². The SMILES string of the molecule is N#CSc1ccc(NC(=O)COC(=O)C=CC(=O)N2CCN(c3ccccc3)CC2)c(Cl)c1. The number of carbonyl (C=O) groups excluding carboxylic acids is 3. The molecule has 2 aromatic rings. The minimum absolute atomic E-state index is 0.257. The molecule has 0 aliphatic carbocycles. The Kier molecular flexibility index (Phi) is 8.75. The number of ether oxygens (including phenoxy) is 1. The van der Waals surface area contributed by atoms with Crippen LogP contribution < -0.4 is 10.2 Å². The highest BCUT2D eigenvalue weighted by molar-refractivity contribution is 8.03. The predicted octanol–water partition coefficient (Wildman–Crippen LogP) is 3.30. The highest BCUT2D eigenvalue weighted by Crippen LogP contribution is 2.27. The van der Waals surface area contributed by atoms with Crippen molar-refractivity contribution >= 4 is 52.5 Å². The van der Waals surface area contributed by atoms with Gasteiger partial charge in [-0.1, -0.05) is 29.8 Å². The van der Waals surface area contributed by atoms with Gasteiger partial charge in [0, 0.05) is 48.9 Å². The molecule has 1 aliphatic heterocycles. The van der Waals surface area contributed by atoms with Crippen molar-refractivity contribution in [2.24, 2.45) is 0 Å². The van der Waals surface area contributed by atoms with Crippen LogP contribution in [-0.2, 0) is 19.1 Å². The van der Waals surface area contributed by atoms with Crippen molar-refractivity contribution in [3.05, 3.63) is 65.7 Å². The average molecular weight is 485 g/mol. The quantitative estimate of drug-likeness (QED) is 0.278. The third-order valence-electron chi connectivity index (χ3n) is 4.80. The second-order valence-corrected chi connectivity index (χ2v) is 8.24. The minimum atomic E-state index is -0.798. The number of amides is 2. The Bertz CT molecular complexity index is 1080. The number of nitriles is 1. The maximum Gasteiger partial charge on any atom is 0.331 e. The van der Waals surface area contributed by atoms with Gasteiger partial charge in [0.1, 0.15) is 5.40 Å². The van der Waals surface area contributed by atoms with Crippen LogP contribution in [0.3, 0.4) is 0 Å². The van der Waals surface area contributed by atoms with E-state index in [4.69, 9.17) is 21.6 Å². The zero-order valence-electron chi connectivity index (χ0n) is 17.6. The van der Waals surface area contributed by atoms with Gasteiger partial charge in [-0.05, 0) is 42.1 Å². The number of piperazine rings is 1. The standard InChI is InChI=1S/C23H21ClN4O4S/c24-19-14-18(33-16-25)6-7-20(19)26-21(29)15-32-23(31)9-8-22(30)28-12-10-27(11-13-28)17-4-2-1-3-5-17/h1-9,14H,10-13,15H2,(H,26,29). The van der Waals surface area contributed by atoms with Crippen molar-refractivity contribution in [1.82, 2.24) is 4.90 Å². The number of thiocyanates is 1. The van der Waals surface area contributed by atoms with E-state index < -0.39 is 18.5 Å². The zero-order valence-corrected chi connectivity index (χ0v) is 19.1. The molecule has 1 aliphatic rings. The molecule has 8 nitrogen and oxygen atoms in total. The van der Waals surface area contributed by atoms with Crippen LogP contribution in [0.4, 0.5) is 11.4 Å². The van der Waals surface area contributed by atoms with Gasteiger partial charge in [0.15, 0.2) is 6.61 Å². The first kappa shape index (κ1) is 24.2. The molecule has 0 atom stereocenters. The first-order valence-corrected chi connectivity index (χ1v) is 11.2. The number of rotatable bonds is 7. The Morgan fingerprint density at radius 1 is 1.09 bits per heavy atom. The molecule has 2 aromatic carbocycles. The van der Waals surface area contributed by atoms with Crippen LogP contribution in [0.1, 0.15) is 0 Å². The Morgan fingerprint density at radius 2 is 1.82 bits per heavy atom. The van der Waals surface area contributed by atoms with Crippen LogP contribution in [0.5, 0.6) is 0 Å². The van der Waals surface area contributed by atoms with Crippen LogP contribution in [-0.4, -0.2) is 55.5 Å². The number of esters is 1. The summed E-state index contributed by atoms with van der Waals surface area (Å²) in [5, 5.41) is 13.4. The van der Waals surface area contributed by atoms with E-state index in [1.165, 1.54) is 0 Å². The molecule has 1 heterocycles. The molecule has 0 bridgehead atoms. The molecule has 10 heteroatoms. The van der Waals surface area contributed by atoms with Gasteiger partial charge in [-0.15, -0.1) is 0 Å². The third kappa shape index (κ3) is 7.27. The van der Waals surface area contributed by atoms with E-state index in [2.05, 4.69) is 10.2 Å². The van der Waals surface area contributed by atoms with Gasteiger partial charge >= 0.3 is 5.97 Å². The van der Waals surface area contributed by atoms with Crippen LogP contribution in [0.2, 0.25) is 5.02 Å². The van der Waals surface area contributed by atoms with Crippen molar-refractivity contribution in [1.29, 1.82) is 5.26 Å². The molecular weight excluding hydrogens is 464 g/mol. The molecule has 0 unspecified atom stereocenters. The van der Waals surface area contributed by atoms with E-state index in [9.17, 15) is 14.4 Å². The van der Waals surface area contributed by atoms with Crippen molar-refractivity contribution in [2.75, 3.05) is 43.0 Å². The van der Waals surface area contributed by atoms with Gasteiger partial charge in [0.2, 0.25) is 5.91 Å². The monoisotopic (exact) mass is 484 g/mol. The number of anilines is 2. The molecule has 1 saturated heterocycles. The van der Waals surface area contributed by atoms with Crippen LogP contribution >= 0.6 is 23.4 Å². The van der Waals surface area contributed by atoms with Crippen molar-refractivity contribution in [2.45, 2.75) is 4.90 Å². The Labute approximate surface area is 200 Å². The summed E-state index contributed by atoms with van der Waals surface area (Å²) in [7, 11) is 0. The Morgan fingerprint density at radius 3 is 2.48 bits per heavy atom. The molecule has 2 amide bonds. The second-order valence-electron chi connectivity index (χ2n) is 6.97. The Hall–Kier alpha value is -3.48. The summed E-state index contributed by atoms with van der Waals surface area (Å²) in [5.74, 6) is -1.66. The summed E-state index contributed by atoms with van der Waals surface area (Å²) in [4.78, 5) is 40.7. The highest BCUT2D eigenvalue weighted by Gasteiger charge is 2.20. The zero-order chi connectivity index (χ0) is 23.6. The fraction of sp³-hybridized carbons (Fsp3) is 0.217. The molecule has 3 rings (SSSR count). The fourth-order valence-electron chi connectivity index (χ4n) is 3.15. The van der Waals surface area contributed by atoms with E-state index in [1.54, 1.807) is 23.1 Å². The lowest BCUT2D eigenvalue weighted by Crippen LogP contribution is -2.48. The lowest BCUT2D eigenvalue weighted by atomic mass is 10.2. The van der Waals surface area contributed by atoms with E-state index in [-0.39, 0.29) is 10.9 Å². The highest BCUT2D eigenvalue weighted by atomic mass is 35.5. The first-order valence-electron chi connectivity index (χ1n) is 10.1.